The van der Waals surface area contributed by atoms with Gasteiger partial charge in [-0.25, -0.2) is 4.79 Å². The van der Waals surface area contributed by atoms with Crippen LogP contribution in [0, 0.1) is 0 Å². The summed E-state index contributed by atoms with van der Waals surface area (Å²) in [6.45, 7) is 5.10. The minimum Gasteiger partial charge on any atom is -0.479 e. The molecule has 1 aromatic rings. The summed E-state index contributed by atoms with van der Waals surface area (Å²) < 4.78 is 5.38. The van der Waals surface area contributed by atoms with Crippen molar-refractivity contribution in [2.24, 2.45) is 0 Å². The predicted octanol–water partition coefficient (Wildman–Crippen LogP) is 1.13. The van der Waals surface area contributed by atoms with Crippen molar-refractivity contribution in [1.82, 2.24) is 10.2 Å². The van der Waals surface area contributed by atoms with Gasteiger partial charge in [-0.15, -0.1) is 0 Å². The number of hydrogen-bond donors (Lipinski definition) is 2. The molecule has 0 aliphatic heterocycles. The minimum atomic E-state index is -1.33. The molecule has 1 atom stereocenters. The van der Waals surface area contributed by atoms with Gasteiger partial charge in [-0.2, -0.15) is 5.10 Å². The average molecular weight is 198 g/mol. The zero-order chi connectivity index (χ0) is 10.8. The summed E-state index contributed by atoms with van der Waals surface area (Å²) in [6, 6.07) is 0. The first-order valence-corrected chi connectivity index (χ1v) is 4.37. The Morgan fingerprint density at radius 1 is 1.71 bits per heavy atom. The molecule has 0 saturated carbocycles. The first kappa shape index (κ1) is 10.7. The number of carbonyl (C=O) groups is 1. The first-order valence-electron chi connectivity index (χ1n) is 4.37. The van der Waals surface area contributed by atoms with Crippen molar-refractivity contribution in [1.29, 1.82) is 0 Å². The number of aromatic amines is 1. The molecule has 2 N–H and O–H groups in total. The Hall–Kier alpha value is -1.36. The van der Waals surface area contributed by atoms with E-state index in [4.69, 9.17) is 9.84 Å². The van der Waals surface area contributed by atoms with Gasteiger partial charge in [0.2, 0.25) is 0 Å². The van der Waals surface area contributed by atoms with E-state index in [2.05, 4.69) is 10.2 Å². The number of hydrogen-bond acceptors (Lipinski definition) is 3. The van der Waals surface area contributed by atoms with Crippen molar-refractivity contribution in [3.05, 3.63) is 18.0 Å². The molecular weight excluding hydrogens is 184 g/mol. The molecule has 0 aromatic carbocycles. The Kier molecular flexibility index (Phi) is 2.90. The molecule has 1 aromatic heterocycles. The fraction of sp³-hybridized carbons (Fsp3) is 0.556. The lowest BCUT2D eigenvalue weighted by Gasteiger charge is -2.26. The van der Waals surface area contributed by atoms with Crippen molar-refractivity contribution in [3.8, 4) is 0 Å². The van der Waals surface area contributed by atoms with E-state index in [1.54, 1.807) is 13.8 Å². The van der Waals surface area contributed by atoms with Gasteiger partial charge in [-0.1, -0.05) is 0 Å². The van der Waals surface area contributed by atoms with Gasteiger partial charge in [-0.3, -0.25) is 5.10 Å². The molecule has 0 amide bonds. The normalized spacial score (nSPS) is 15.4. The van der Waals surface area contributed by atoms with E-state index in [9.17, 15) is 4.79 Å². The third-order valence-electron chi connectivity index (χ3n) is 1.93. The SMILES string of the molecule is CC(C)OC(C)(C(=O)O)c1cn[nH]c1. The third kappa shape index (κ3) is 1.93. The van der Waals surface area contributed by atoms with E-state index in [0.717, 1.165) is 0 Å². The molecule has 0 fully saturated rings. The molecule has 0 saturated heterocycles. The summed E-state index contributed by atoms with van der Waals surface area (Å²) in [7, 11) is 0. The molecule has 0 radical (unpaired) electrons. The maximum Gasteiger partial charge on any atom is 0.340 e. The fourth-order valence-electron chi connectivity index (χ4n) is 1.23. The smallest absolute Gasteiger partial charge is 0.340 e. The lowest BCUT2D eigenvalue weighted by Crippen LogP contribution is -2.37. The Labute approximate surface area is 82.1 Å². The number of rotatable bonds is 4. The van der Waals surface area contributed by atoms with Crippen LogP contribution in [-0.2, 0) is 15.1 Å². The molecule has 78 valence electrons. The van der Waals surface area contributed by atoms with Gasteiger partial charge in [-0.05, 0) is 20.8 Å². The number of nitrogens with zero attached hydrogens (tertiary/aromatic N) is 1. The quantitative estimate of drug-likeness (QED) is 0.760. The highest BCUT2D eigenvalue weighted by Crippen LogP contribution is 2.26. The Morgan fingerprint density at radius 2 is 2.36 bits per heavy atom. The minimum absolute atomic E-state index is 0.161. The zero-order valence-electron chi connectivity index (χ0n) is 8.44. The van der Waals surface area contributed by atoms with Crippen molar-refractivity contribution in [2.75, 3.05) is 0 Å². The number of ether oxygens (including phenoxy) is 1. The van der Waals surface area contributed by atoms with E-state index in [-0.39, 0.29) is 6.10 Å². The number of carboxylic acid groups (broad SMARTS) is 1. The highest BCUT2D eigenvalue weighted by Gasteiger charge is 2.38. The van der Waals surface area contributed by atoms with E-state index in [1.165, 1.54) is 19.3 Å². The maximum atomic E-state index is 11.1. The number of carboxylic acids is 1. The van der Waals surface area contributed by atoms with E-state index in [1.807, 2.05) is 0 Å². The lowest BCUT2D eigenvalue weighted by molar-refractivity contribution is -0.170. The van der Waals surface area contributed by atoms with Gasteiger partial charge in [0, 0.05) is 11.8 Å². The van der Waals surface area contributed by atoms with Gasteiger partial charge in [0.25, 0.3) is 0 Å². The van der Waals surface area contributed by atoms with Crippen LogP contribution in [0.25, 0.3) is 0 Å². The van der Waals surface area contributed by atoms with Crippen LogP contribution >= 0.6 is 0 Å². The largest absolute Gasteiger partial charge is 0.479 e. The van der Waals surface area contributed by atoms with Crippen LogP contribution in [0.3, 0.4) is 0 Å². The van der Waals surface area contributed by atoms with Crippen LogP contribution in [0.4, 0.5) is 0 Å². The Balaban J connectivity index is 2.99. The highest BCUT2D eigenvalue weighted by molar-refractivity contribution is 5.78. The molecule has 1 heterocycles. The summed E-state index contributed by atoms with van der Waals surface area (Å²) in [4.78, 5) is 11.1. The first-order chi connectivity index (χ1) is 6.47. The molecule has 0 aliphatic rings. The van der Waals surface area contributed by atoms with Crippen molar-refractivity contribution in [3.63, 3.8) is 0 Å². The van der Waals surface area contributed by atoms with E-state index in [0.29, 0.717) is 5.56 Å². The van der Waals surface area contributed by atoms with E-state index >= 15 is 0 Å². The summed E-state index contributed by atoms with van der Waals surface area (Å²) in [6.07, 6.45) is 2.82. The van der Waals surface area contributed by atoms with Gasteiger partial charge in [0.1, 0.15) is 0 Å². The summed E-state index contributed by atoms with van der Waals surface area (Å²) in [5.41, 5.74) is -0.819. The topological polar surface area (TPSA) is 75.2 Å². The van der Waals surface area contributed by atoms with Gasteiger partial charge < -0.3 is 9.84 Å². The van der Waals surface area contributed by atoms with E-state index < -0.39 is 11.6 Å². The molecule has 0 aliphatic carbocycles. The van der Waals surface area contributed by atoms with Crippen molar-refractivity contribution >= 4 is 5.97 Å². The third-order valence-corrected chi connectivity index (χ3v) is 1.93. The van der Waals surface area contributed by atoms with Gasteiger partial charge in [0.15, 0.2) is 5.60 Å². The van der Waals surface area contributed by atoms with Crippen LogP contribution in [0.1, 0.15) is 26.3 Å². The van der Waals surface area contributed by atoms with Crippen LogP contribution in [0.5, 0.6) is 0 Å². The molecule has 1 unspecified atom stereocenters. The molecule has 5 nitrogen and oxygen atoms in total. The summed E-state index contributed by atoms with van der Waals surface area (Å²) in [5, 5.41) is 15.4. The van der Waals surface area contributed by atoms with Crippen LogP contribution in [0.2, 0.25) is 0 Å². The lowest BCUT2D eigenvalue weighted by atomic mass is 9.99. The number of H-pyrrole nitrogens is 1. The number of nitrogens with one attached hydrogen (secondary N) is 1. The zero-order valence-corrected chi connectivity index (χ0v) is 8.44. The predicted molar refractivity (Wildman–Crippen MR) is 49.8 cm³/mol. The van der Waals surface area contributed by atoms with Crippen LogP contribution in [-0.4, -0.2) is 27.4 Å². The summed E-state index contributed by atoms with van der Waals surface area (Å²) in [5.74, 6) is -1.02. The van der Waals surface area contributed by atoms with Crippen LogP contribution < -0.4 is 0 Å². The second kappa shape index (κ2) is 3.79. The number of aromatic nitrogens is 2. The van der Waals surface area contributed by atoms with Crippen LogP contribution in [0.15, 0.2) is 12.4 Å². The summed E-state index contributed by atoms with van der Waals surface area (Å²) >= 11 is 0. The molecular formula is C9H14N2O3. The van der Waals surface area contributed by atoms with Crippen molar-refractivity contribution < 1.29 is 14.6 Å². The monoisotopic (exact) mass is 198 g/mol. The molecule has 14 heavy (non-hydrogen) atoms. The Bertz CT molecular complexity index is 308. The fourth-order valence-corrected chi connectivity index (χ4v) is 1.23. The molecule has 1 rings (SSSR count). The highest BCUT2D eigenvalue weighted by atomic mass is 16.5. The second-order valence-corrected chi connectivity index (χ2v) is 3.49. The molecule has 0 spiro atoms. The Morgan fingerprint density at radius 3 is 2.71 bits per heavy atom. The molecule has 0 bridgehead atoms. The second-order valence-electron chi connectivity index (χ2n) is 3.49. The van der Waals surface area contributed by atoms with Crippen molar-refractivity contribution in [2.45, 2.75) is 32.5 Å². The number of aliphatic carboxylic acids is 1. The van der Waals surface area contributed by atoms with Gasteiger partial charge in [0.05, 0.1) is 12.3 Å². The molecule has 5 heteroatoms. The average Bonchev–Trinajstić information content (AvgIpc) is 2.53. The standard InChI is InChI=1S/C9H14N2O3/c1-6(2)14-9(3,8(12)13)7-4-10-11-5-7/h4-6H,1-3H3,(H,10,11)(H,12,13). The maximum absolute atomic E-state index is 11.1. The van der Waals surface area contributed by atoms with Gasteiger partial charge >= 0.3 is 5.97 Å².